The van der Waals surface area contributed by atoms with E-state index in [9.17, 15) is 18.0 Å². The van der Waals surface area contributed by atoms with Crippen LogP contribution >= 0.6 is 0 Å². The maximum atomic E-state index is 12.9. The van der Waals surface area contributed by atoms with Crippen LogP contribution in [0.1, 0.15) is 42.1 Å². The highest BCUT2D eigenvalue weighted by molar-refractivity contribution is 7.89. The van der Waals surface area contributed by atoms with Crippen LogP contribution in [0, 0.1) is 0 Å². The molecule has 4 rings (SSSR count). The molecule has 2 aromatic carbocycles. The molecule has 1 amide bonds. The molecule has 1 atom stereocenters. The maximum Gasteiger partial charge on any atom is 0.338 e. The molecule has 2 aliphatic rings. The molecule has 1 aliphatic heterocycles. The topological polar surface area (TPSA) is 92.8 Å². The molecule has 0 spiro atoms. The van der Waals surface area contributed by atoms with Crippen LogP contribution < -0.4 is 9.62 Å². The predicted molar refractivity (Wildman–Crippen MR) is 112 cm³/mol. The van der Waals surface area contributed by atoms with Gasteiger partial charge in [-0.25, -0.2) is 17.9 Å². The Kier molecular flexibility index (Phi) is 5.62. The highest BCUT2D eigenvalue weighted by atomic mass is 32.2. The predicted octanol–water partition coefficient (Wildman–Crippen LogP) is 2.65. The van der Waals surface area contributed by atoms with Gasteiger partial charge in [0, 0.05) is 18.3 Å². The number of nitrogens with one attached hydrogen (secondary N) is 1. The molecule has 7 nitrogen and oxygen atoms in total. The third-order valence-electron chi connectivity index (χ3n) is 5.31. The number of sulfonamides is 1. The summed E-state index contributed by atoms with van der Waals surface area (Å²) in [4.78, 5) is 27.1. The zero-order valence-corrected chi connectivity index (χ0v) is 17.5. The summed E-state index contributed by atoms with van der Waals surface area (Å²) in [6.07, 6.45) is 2.50. The maximum absolute atomic E-state index is 12.9. The first-order valence-electron chi connectivity index (χ1n) is 10.1. The lowest BCUT2D eigenvalue weighted by Crippen LogP contribution is -2.42. The fourth-order valence-corrected chi connectivity index (χ4v) is 4.82. The van der Waals surface area contributed by atoms with Crippen LogP contribution in [0.5, 0.6) is 0 Å². The van der Waals surface area contributed by atoms with Crippen molar-refractivity contribution in [2.75, 3.05) is 11.4 Å². The number of esters is 1. The van der Waals surface area contributed by atoms with Gasteiger partial charge in [-0.1, -0.05) is 18.2 Å². The van der Waals surface area contributed by atoms with E-state index in [2.05, 4.69) is 4.72 Å². The van der Waals surface area contributed by atoms with Crippen LogP contribution in [-0.4, -0.2) is 39.0 Å². The highest BCUT2D eigenvalue weighted by Gasteiger charge is 2.30. The summed E-state index contributed by atoms with van der Waals surface area (Å²) >= 11 is 0. The summed E-state index contributed by atoms with van der Waals surface area (Å²) in [7, 11) is -3.58. The first-order valence-corrected chi connectivity index (χ1v) is 11.6. The molecular weight excluding hydrogens is 404 g/mol. The van der Waals surface area contributed by atoms with Gasteiger partial charge in [0.15, 0.2) is 6.10 Å². The summed E-state index contributed by atoms with van der Waals surface area (Å²) in [5, 5.41) is 0. The Morgan fingerprint density at radius 2 is 1.80 bits per heavy atom. The van der Waals surface area contributed by atoms with E-state index in [-0.39, 0.29) is 22.4 Å². The molecule has 2 aromatic rings. The van der Waals surface area contributed by atoms with Crippen molar-refractivity contribution in [2.45, 2.75) is 49.6 Å². The summed E-state index contributed by atoms with van der Waals surface area (Å²) in [5.74, 6) is -0.941. The van der Waals surface area contributed by atoms with Crippen LogP contribution in [0.15, 0.2) is 53.4 Å². The molecule has 0 bridgehead atoms. The number of aryl methyl sites for hydroxylation is 1. The molecule has 0 radical (unpaired) electrons. The van der Waals surface area contributed by atoms with Crippen LogP contribution in [-0.2, 0) is 26.0 Å². The Hall–Kier alpha value is -2.71. The van der Waals surface area contributed by atoms with E-state index in [0.717, 1.165) is 36.9 Å². The summed E-state index contributed by atoms with van der Waals surface area (Å²) in [5.41, 5.74) is 2.15. The van der Waals surface area contributed by atoms with E-state index < -0.39 is 22.1 Å². The molecule has 8 heteroatoms. The van der Waals surface area contributed by atoms with Crippen molar-refractivity contribution in [3.05, 3.63) is 59.7 Å². The van der Waals surface area contributed by atoms with Crippen LogP contribution in [0.3, 0.4) is 0 Å². The number of rotatable bonds is 6. The average molecular weight is 429 g/mol. The highest BCUT2D eigenvalue weighted by Crippen LogP contribution is 2.27. The van der Waals surface area contributed by atoms with E-state index in [1.807, 2.05) is 24.3 Å². The van der Waals surface area contributed by atoms with Gasteiger partial charge in [-0.2, -0.15) is 0 Å². The second-order valence-electron chi connectivity index (χ2n) is 7.69. The fraction of sp³-hybridized carbons (Fsp3) is 0.364. The molecule has 1 unspecified atom stereocenters. The Balaban J connectivity index is 1.42. The zero-order chi connectivity index (χ0) is 21.3. The van der Waals surface area contributed by atoms with E-state index >= 15 is 0 Å². The van der Waals surface area contributed by atoms with Crippen LogP contribution in [0.4, 0.5) is 5.69 Å². The number of anilines is 1. The second-order valence-corrected chi connectivity index (χ2v) is 9.40. The number of fused-ring (bicyclic) bond motifs is 1. The fourth-order valence-electron chi connectivity index (χ4n) is 3.52. The molecular formula is C22H24N2O5S. The van der Waals surface area contributed by atoms with Crippen molar-refractivity contribution in [3.63, 3.8) is 0 Å². The van der Waals surface area contributed by atoms with E-state index in [4.69, 9.17) is 4.74 Å². The van der Waals surface area contributed by atoms with Gasteiger partial charge in [0.1, 0.15) is 0 Å². The van der Waals surface area contributed by atoms with Crippen molar-refractivity contribution in [3.8, 4) is 0 Å². The molecule has 158 valence electrons. The minimum atomic E-state index is -3.58. The lowest BCUT2D eigenvalue weighted by molar-refractivity contribution is -0.126. The number of hydrogen-bond donors (Lipinski definition) is 1. The number of nitrogens with zero attached hydrogens (tertiary/aromatic N) is 1. The van der Waals surface area contributed by atoms with Gasteiger partial charge < -0.3 is 9.64 Å². The minimum absolute atomic E-state index is 0.00595. The molecule has 1 fully saturated rings. The first-order chi connectivity index (χ1) is 14.3. The minimum Gasteiger partial charge on any atom is -0.449 e. The van der Waals surface area contributed by atoms with Gasteiger partial charge in [0.25, 0.3) is 5.91 Å². The van der Waals surface area contributed by atoms with Gasteiger partial charge in [-0.3, -0.25) is 4.79 Å². The van der Waals surface area contributed by atoms with Crippen molar-refractivity contribution in [1.29, 1.82) is 0 Å². The molecule has 1 aliphatic carbocycles. The molecule has 30 heavy (non-hydrogen) atoms. The van der Waals surface area contributed by atoms with E-state index in [0.29, 0.717) is 6.54 Å². The quantitative estimate of drug-likeness (QED) is 0.714. The van der Waals surface area contributed by atoms with Crippen molar-refractivity contribution in [2.24, 2.45) is 0 Å². The molecule has 0 saturated heterocycles. The first kappa shape index (κ1) is 20.6. The third-order valence-corrected chi connectivity index (χ3v) is 6.84. The lowest BCUT2D eigenvalue weighted by atomic mass is 10.0. The molecule has 0 aromatic heterocycles. The van der Waals surface area contributed by atoms with Gasteiger partial charge in [0.05, 0.1) is 10.5 Å². The van der Waals surface area contributed by atoms with Gasteiger partial charge in [-0.05, 0) is 68.5 Å². The molecule has 1 heterocycles. The number of hydrogen-bond acceptors (Lipinski definition) is 5. The van der Waals surface area contributed by atoms with Crippen molar-refractivity contribution in [1.82, 2.24) is 4.72 Å². The number of ether oxygens (including phenoxy) is 1. The van der Waals surface area contributed by atoms with Gasteiger partial charge >= 0.3 is 5.97 Å². The Morgan fingerprint density at radius 1 is 1.10 bits per heavy atom. The largest absolute Gasteiger partial charge is 0.449 e. The van der Waals surface area contributed by atoms with Crippen molar-refractivity contribution >= 4 is 27.6 Å². The standard InChI is InChI=1S/C22H24N2O5S/c1-15(21(25)24-14-4-6-16-5-2-3-7-20(16)24)29-22(26)17-8-12-19(13-9-17)30(27,28)23-18-10-11-18/h2-3,5,7-9,12-13,15,18,23H,4,6,10-11,14H2,1H3. The number of para-hydroxylation sites is 1. The third kappa shape index (κ3) is 4.39. The number of carbonyl (C=O) groups is 2. The van der Waals surface area contributed by atoms with E-state index in [1.54, 1.807) is 11.8 Å². The summed E-state index contributed by atoms with van der Waals surface area (Å²) in [6.45, 7) is 2.13. The second kappa shape index (κ2) is 8.20. The van der Waals surface area contributed by atoms with Crippen LogP contribution in [0.25, 0.3) is 0 Å². The number of amides is 1. The molecule has 1 saturated carbocycles. The average Bonchev–Trinajstić information content (AvgIpc) is 3.56. The Labute approximate surface area is 176 Å². The smallest absolute Gasteiger partial charge is 0.338 e. The van der Waals surface area contributed by atoms with Crippen LogP contribution in [0.2, 0.25) is 0 Å². The normalized spacial score (nSPS) is 17.2. The summed E-state index contributed by atoms with van der Waals surface area (Å²) in [6, 6.07) is 13.3. The van der Waals surface area contributed by atoms with Gasteiger partial charge in [-0.15, -0.1) is 0 Å². The Morgan fingerprint density at radius 3 is 2.50 bits per heavy atom. The molecule has 1 N–H and O–H groups in total. The Bertz CT molecular complexity index is 1060. The van der Waals surface area contributed by atoms with E-state index in [1.165, 1.54) is 24.3 Å². The SMILES string of the molecule is CC(OC(=O)c1ccc(S(=O)(=O)NC2CC2)cc1)C(=O)N1CCCc2ccccc21. The number of carbonyl (C=O) groups excluding carboxylic acids is 2. The number of benzene rings is 2. The lowest BCUT2D eigenvalue weighted by Gasteiger charge is -2.31. The monoisotopic (exact) mass is 428 g/mol. The summed E-state index contributed by atoms with van der Waals surface area (Å²) < 4.78 is 32.4. The zero-order valence-electron chi connectivity index (χ0n) is 16.7. The van der Waals surface area contributed by atoms with Crippen molar-refractivity contribution < 1.29 is 22.7 Å². The van der Waals surface area contributed by atoms with Gasteiger partial charge in [0.2, 0.25) is 10.0 Å².